The minimum Gasteiger partial charge on any atom is -0.497 e. The van der Waals surface area contributed by atoms with Crippen LogP contribution in [0.3, 0.4) is 0 Å². The molecule has 6 heteroatoms. The second kappa shape index (κ2) is 11.1. The lowest BCUT2D eigenvalue weighted by atomic mass is 10.00. The van der Waals surface area contributed by atoms with Gasteiger partial charge in [0.2, 0.25) is 8.32 Å². The van der Waals surface area contributed by atoms with Gasteiger partial charge in [0.15, 0.2) is 0 Å². The van der Waals surface area contributed by atoms with Gasteiger partial charge in [-0.25, -0.2) is 0 Å². The molecule has 2 aromatic carbocycles. The number of rotatable bonds is 11. The summed E-state index contributed by atoms with van der Waals surface area (Å²) < 4.78 is 17.4. The van der Waals surface area contributed by atoms with Gasteiger partial charge in [-0.05, 0) is 55.4 Å². The van der Waals surface area contributed by atoms with Gasteiger partial charge in [0, 0.05) is 13.5 Å². The number of benzene rings is 2. The van der Waals surface area contributed by atoms with Gasteiger partial charge < -0.3 is 14.0 Å². The van der Waals surface area contributed by atoms with Crippen molar-refractivity contribution < 1.29 is 18.8 Å². The van der Waals surface area contributed by atoms with E-state index in [2.05, 4.69) is 38.4 Å². The number of esters is 1. The van der Waals surface area contributed by atoms with Crippen molar-refractivity contribution >= 4 is 14.3 Å². The predicted octanol–water partition coefficient (Wildman–Crippen LogP) is 4.99. The average Bonchev–Trinajstić information content (AvgIpc) is 2.70. The van der Waals surface area contributed by atoms with Crippen LogP contribution in [-0.2, 0) is 27.0 Å². The number of hydrogen-bond donors (Lipinski definition) is 0. The largest absolute Gasteiger partial charge is 0.497 e. The zero-order valence-corrected chi connectivity index (χ0v) is 19.6. The van der Waals surface area contributed by atoms with Gasteiger partial charge >= 0.3 is 5.97 Å². The smallest absolute Gasteiger partial charge is 0.303 e. The maximum absolute atomic E-state index is 11.8. The molecule has 0 aliphatic heterocycles. The first kappa shape index (κ1) is 23.9. The number of carbonyl (C=O) groups excluding carboxylic acids is 1. The average molecular weight is 428 g/mol. The molecule has 0 aromatic heterocycles. The fraction of sp³-hybridized carbons (Fsp3) is 0.375. The highest BCUT2D eigenvalue weighted by molar-refractivity contribution is 6.69. The lowest BCUT2D eigenvalue weighted by Crippen LogP contribution is -2.49. The van der Waals surface area contributed by atoms with Crippen molar-refractivity contribution in [3.05, 3.63) is 78.4 Å². The molecular weight excluding hydrogens is 394 g/mol. The van der Waals surface area contributed by atoms with Crippen molar-refractivity contribution in [3.63, 3.8) is 0 Å². The normalized spacial score (nSPS) is 13.5. The third-order valence-electron chi connectivity index (χ3n) is 4.46. The molecule has 0 saturated carbocycles. The van der Waals surface area contributed by atoms with Gasteiger partial charge in [0.25, 0.3) is 0 Å². The van der Waals surface area contributed by atoms with Crippen LogP contribution in [0.4, 0.5) is 0 Å². The van der Waals surface area contributed by atoms with Crippen molar-refractivity contribution in [3.8, 4) is 5.75 Å². The summed E-state index contributed by atoms with van der Waals surface area (Å²) in [7, 11) is -0.288. The van der Waals surface area contributed by atoms with Crippen molar-refractivity contribution in [1.29, 1.82) is 0 Å². The number of methoxy groups -OCH3 is 1. The van der Waals surface area contributed by atoms with Crippen LogP contribution >= 0.6 is 0 Å². The Balaban J connectivity index is 2.40. The van der Waals surface area contributed by atoms with E-state index in [1.165, 1.54) is 6.92 Å². The molecule has 0 fully saturated rings. The quantitative estimate of drug-likeness (QED) is 0.219. The molecule has 0 unspecified atom stereocenters. The highest BCUT2D eigenvalue weighted by Gasteiger charge is 2.32. The molecule has 0 bridgehead atoms. The summed E-state index contributed by atoms with van der Waals surface area (Å²) in [5.41, 5.74) is 2.22. The van der Waals surface area contributed by atoms with E-state index in [1.807, 2.05) is 47.5 Å². The summed E-state index contributed by atoms with van der Waals surface area (Å²) in [5, 5.41) is 1.97. The molecule has 2 rings (SSSR count). The van der Waals surface area contributed by atoms with Crippen LogP contribution in [0.1, 0.15) is 18.1 Å². The molecule has 5 nitrogen and oxygen atoms in total. The van der Waals surface area contributed by atoms with E-state index in [0.29, 0.717) is 13.0 Å². The first-order valence-corrected chi connectivity index (χ1v) is 13.5. The summed E-state index contributed by atoms with van der Waals surface area (Å²) in [5.74, 6) is 0.461. The first-order valence-electron chi connectivity index (χ1n) is 10.1. The second-order valence-electron chi connectivity index (χ2n) is 8.19. The van der Waals surface area contributed by atoms with E-state index in [1.54, 1.807) is 13.2 Å². The topological polar surface area (TPSA) is 48.0 Å². The summed E-state index contributed by atoms with van der Waals surface area (Å²) in [6.07, 6.45) is 1.80. The van der Waals surface area contributed by atoms with E-state index in [9.17, 15) is 4.79 Å². The third-order valence-corrected chi connectivity index (χ3v) is 5.24. The number of nitrogens with zero attached hydrogens (tertiary/aromatic N) is 1. The first-order chi connectivity index (χ1) is 14.2. The van der Waals surface area contributed by atoms with Crippen LogP contribution in [-0.4, -0.2) is 38.6 Å². The van der Waals surface area contributed by atoms with Gasteiger partial charge in [0.05, 0.1) is 13.2 Å². The minimum absolute atomic E-state index is 0.230. The van der Waals surface area contributed by atoms with Gasteiger partial charge in [-0.3, -0.25) is 4.79 Å². The molecule has 0 N–H and O–H groups in total. The zero-order chi connectivity index (χ0) is 22.1. The Morgan fingerprint density at radius 2 is 1.70 bits per heavy atom. The predicted molar refractivity (Wildman–Crippen MR) is 123 cm³/mol. The fourth-order valence-corrected chi connectivity index (χ4v) is 4.10. The number of hydroxylamine groups is 2. The van der Waals surface area contributed by atoms with Crippen LogP contribution in [0.2, 0.25) is 19.6 Å². The third kappa shape index (κ3) is 7.78. The van der Waals surface area contributed by atoms with Gasteiger partial charge in [-0.1, -0.05) is 49.0 Å². The fourth-order valence-electron chi connectivity index (χ4n) is 3.19. The lowest BCUT2D eigenvalue weighted by Gasteiger charge is -2.38. The van der Waals surface area contributed by atoms with Crippen molar-refractivity contribution in [2.24, 2.45) is 0 Å². The van der Waals surface area contributed by atoms with Crippen LogP contribution in [0.15, 0.2) is 67.3 Å². The minimum atomic E-state index is -1.94. The maximum atomic E-state index is 11.8. The maximum Gasteiger partial charge on any atom is 0.303 e. The Morgan fingerprint density at radius 3 is 2.20 bits per heavy atom. The summed E-state index contributed by atoms with van der Waals surface area (Å²) in [6.45, 7) is 12.4. The van der Waals surface area contributed by atoms with Crippen molar-refractivity contribution in [2.45, 2.75) is 51.7 Å². The molecule has 0 aliphatic carbocycles. The van der Waals surface area contributed by atoms with Gasteiger partial charge in [-0.15, -0.1) is 0 Å². The number of ether oxygens (including phenoxy) is 2. The molecule has 0 aliphatic rings. The molecule has 2 aromatic rings. The Labute approximate surface area is 181 Å². The van der Waals surface area contributed by atoms with E-state index in [-0.39, 0.29) is 12.0 Å². The van der Waals surface area contributed by atoms with Crippen LogP contribution in [0.5, 0.6) is 5.75 Å². The van der Waals surface area contributed by atoms with E-state index < -0.39 is 14.4 Å². The van der Waals surface area contributed by atoms with Crippen LogP contribution in [0, 0.1) is 0 Å². The van der Waals surface area contributed by atoms with Gasteiger partial charge in [-0.2, -0.15) is 5.06 Å². The van der Waals surface area contributed by atoms with E-state index >= 15 is 0 Å². The molecule has 0 radical (unpaired) electrons. The van der Waals surface area contributed by atoms with E-state index in [4.69, 9.17) is 14.0 Å². The number of hydrogen-bond acceptors (Lipinski definition) is 5. The van der Waals surface area contributed by atoms with Crippen LogP contribution in [0.25, 0.3) is 0 Å². The summed E-state index contributed by atoms with van der Waals surface area (Å²) in [4.78, 5) is 11.8. The van der Waals surface area contributed by atoms with Gasteiger partial charge in [0.1, 0.15) is 11.9 Å². The number of carbonyl (C=O) groups is 1. The highest BCUT2D eigenvalue weighted by Crippen LogP contribution is 2.23. The summed E-state index contributed by atoms with van der Waals surface area (Å²) in [6, 6.07) is 17.8. The molecule has 0 heterocycles. The second-order valence-corrected chi connectivity index (χ2v) is 12.6. The molecule has 0 saturated heterocycles. The van der Waals surface area contributed by atoms with Crippen molar-refractivity contribution in [1.82, 2.24) is 5.06 Å². The monoisotopic (exact) mass is 427 g/mol. The Hall–Kier alpha value is -2.41. The zero-order valence-electron chi connectivity index (χ0n) is 18.6. The molecule has 30 heavy (non-hydrogen) atoms. The van der Waals surface area contributed by atoms with Crippen molar-refractivity contribution in [2.75, 3.05) is 7.11 Å². The highest BCUT2D eigenvalue weighted by atomic mass is 28.4. The summed E-state index contributed by atoms with van der Waals surface area (Å²) >= 11 is 0. The molecule has 0 spiro atoms. The van der Waals surface area contributed by atoms with Crippen LogP contribution < -0.4 is 4.74 Å². The SMILES string of the molecule is C=C[C@@H](OC(C)=O)[C@H](Cc1ccc(OC)cc1)N(Cc1ccccc1)O[Si](C)(C)C. The Morgan fingerprint density at radius 1 is 1.07 bits per heavy atom. The molecule has 0 amide bonds. The standard InChI is InChI=1S/C24H33NO4Si/c1-7-24(28-19(2)26)23(17-20-13-15-22(27-3)16-14-20)25(29-30(4,5)6)18-21-11-9-8-10-12-21/h7-16,23-24H,1,17-18H2,2-6H3/t23-,24+/m0/s1. The molecule has 162 valence electrons. The molecule has 2 atom stereocenters. The lowest BCUT2D eigenvalue weighted by molar-refractivity contribution is -0.164. The van der Waals surface area contributed by atoms with E-state index in [0.717, 1.165) is 16.9 Å². The Kier molecular flexibility index (Phi) is 8.83. The molecular formula is C24H33NO4Si. The Bertz CT molecular complexity index is 802.